The molecule has 0 spiro atoms. The third-order valence-electron chi connectivity index (χ3n) is 2.26. The fourth-order valence-corrected chi connectivity index (χ4v) is 1.50. The molecule has 102 valence electrons. The maximum Gasteiger partial charge on any atom is 0.508 e. The maximum absolute atomic E-state index is 11.4. The van der Waals surface area contributed by atoms with Crippen LogP contribution in [0.15, 0.2) is 12.2 Å². The van der Waals surface area contributed by atoms with Crippen LogP contribution in [0.1, 0.15) is 40.0 Å². The molecule has 0 unspecified atom stereocenters. The predicted molar refractivity (Wildman–Crippen MR) is 67.1 cm³/mol. The van der Waals surface area contributed by atoms with E-state index in [0.29, 0.717) is 6.42 Å². The van der Waals surface area contributed by atoms with Gasteiger partial charge in [0, 0.05) is 6.42 Å². The van der Waals surface area contributed by atoms with Crippen LogP contribution in [0.4, 0.5) is 4.79 Å². The Kier molecular flexibility index (Phi) is 5.19. The molecule has 1 atom stereocenters. The summed E-state index contributed by atoms with van der Waals surface area (Å²) in [6.45, 7) is 5.40. The Morgan fingerprint density at radius 3 is 2.89 bits per heavy atom. The molecule has 5 heteroatoms. The van der Waals surface area contributed by atoms with Crippen molar-refractivity contribution in [1.29, 1.82) is 0 Å². The predicted octanol–water partition coefficient (Wildman–Crippen LogP) is 2.16. The van der Waals surface area contributed by atoms with Gasteiger partial charge in [-0.3, -0.25) is 4.79 Å². The number of hydrogen-bond acceptors (Lipinski definition) is 4. The number of nitrogens with one attached hydrogen (secondary N) is 1. The summed E-state index contributed by atoms with van der Waals surface area (Å²) in [5.41, 5.74) is -0.572. The van der Waals surface area contributed by atoms with Gasteiger partial charge in [0.05, 0.1) is 6.04 Å². The number of carbonyl (C=O) groups excluding carboxylic acids is 2. The third kappa shape index (κ3) is 6.27. The first-order chi connectivity index (χ1) is 8.37. The van der Waals surface area contributed by atoms with E-state index in [4.69, 9.17) is 9.47 Å². The number of rotatable bonds is 2. The first-order valence-corrected chi connectivity index (χ1v) is 6.18. The summed E-state index contributed by atoms with van der Waals surface area (Å²) in [7, 11) is 0. The van der Waals surface area contributed by atoms with Gasteiger partial charge < -0.3 is 14.8 Å². The van der Waals surface area contributed by atoms with Crippen molar-refractivity contribution in [3.63, 3.8) is 0 Å². The van der Waals surface area contributed by atoms with Crippen molar-refractivity contribution in [2.24, 2.45) is 0 Å². The van der Waals surface area contributed by atoms with E-state index in [0.717, 1.165) is 12.8 Å². The van der Waals surface area contributed by atoms with Gasteiger partial charge in [-0.15, -0.1) is 0 Å². The largest absolute Gasteiger partial charge is 0.508 e. The number of allylic oxidation sites excluding steroid dienone is 1. The Labute approximate surface area is 108 Å². The van der Waals surface area contributed by atoms with Gasteiger partial charge >= 0.3 is 6.16 Å². The molecular weight excluding hydrogens is 234 g/mol. The molecule has 1 heterocycles. The number of hydrogen-bond donors (Lipinski definition) is 1. The molecule has 18 heavy (non-hydrogen) atoms. The lowest BCUT2D eigenvalue weighted by Crippen LogP contribution is -2.38. The van der Waals surface area contributed by atoms with Crippen molar-refractivity contribution >= 4 is 12.1 Å². The van der Waals surface area contributed by atoms with E-state index >= 15 is 0 Å². The van der Waals surface area contributed by atoms with Gasteiger partial charge in [0.25, 0.3) is 0 Å². The van der Waals surface area contributed by atoms with Crippen LogP contribution in [0.5, 0.6) is 0 Å². The Morgan fingerprint density at radius 2 is 2.22 bits per heavy atom. The lowest BCUT2D eigenvalue weighted by molar-refractivity contribution is -0.122. The van der Waals surface area contributed by atoms with Crippen LogP contribution in [0.25, 0.3) is 0 Å². The summed E-state index contributed by atoms with van der Waals surface area (Å²) >= 11 is 0. The fraction of sp³-hybridized carbons (Fsp3) is 0.692. The van der Waals surface area contributed by atoms with E-state index in [1.54, 1.807) is 20.8 Å². The molecule has 1 amide bonds. The van der Waals surface area contributed by atoms with E-state index in [2.05, 4.69) is 5.32 Å². The molecule has 0 aromatic rings. The quantitative estimate of drug-likeness (QED) is 0.606. The highest BCUT2D eigenvalue weighted by atomic mass is 16.7. The fourth-order valence-electron chi connectivity index (χ4n) is 1.50. The summed E-state index contributed by atoms with van der Waals surface area (Å²) < 4.78 is 9.99. The molecule has 1 rings (SSSR count). The Morgan fingerprint density at radius 1 is 1.50 bits per heavy atom. The first-order valence-electron chi connectivity index (χ1n) is 6.18. The van der Waals surface area contributed by atoms with Crippen LogP contribution in [0.3, 0.4) is 0 Å². The van der Waals surface area contributed by atoms with E-state index < -0.39 is 11.8 Å². The second kappa shape index (κ2) is 6.42. The topological polar surface area (TPSA) is 64.6 Å². The molecule has 0 aromatic carbocycles. The second-order valence-electron chi connectivity index (χ2n) is 5.27. The van der Waals surface area contributed by atoms with Crippen LogP contribution in [-0.4, -0.2) is 30.3 Å². The molecular formula is C13H21NO4. The van der Waals surface area contributed by atoms with Crippen LogP contribution in [-0.2, 0) is 14.3 Å². The highest BCUT2D eigenvalue weighted by Gasteiger charge is 2.19. The standard InChI is InChI=1S/C13H21NO4/c1-13(2,3)18-12(16)17-9-10-7-5-4-6-8-11(15)14-10/h5,7,10H,4,6,8-9H2,1-3H3,(H,14,15)/b7-5-/t10-/m1/s1. The minimum Gasteiger partial charge on any atom is -0.432 e. The Hall–Kier alpha value is -1.52. The zero-order chi connectivity index (χ0) is 13.6. The summed E-state index contributed by atoms with van der Waals surface area (Å²) in [5, 5.41) is 2.78. The van der Waals surface area contributed by atoms with Gasteiger partial charge in [-0.05, 0) is 33.6 Å². The van der Waals surface area contributed by atoms with E-state index in [1.165, 1.54) is 0 Å². The van der Waals surface area contributed by atoms with Gasteiger partial charge in [0.15, 0.2) is 0 Å². The third-order valence-corrected chi connectivity index (χ3v) is 2.26. The normalized spacial score (nSPS) is 22.4. The molecule has 0 saturated heterocycles. The summed E-state index contributed by atoms with van der Waals surface area (Å²) in [6, 6.07) is -0.273. The lowest BCUT2D eigenvalue weighted by atomic mass is 10.1. The molecule has 1 aliphatic heterocycles. The average molecular weight is 255 g/mol. The molecule has 1 N–H and O–H groups in total. The highest BCUT2D eigenvalue weighted by molar-refractivity contribution is 5.76. The van der Waals surface area contributed by atoms with Crippen LogP contribution < -0.4 is 5.32 Å². The SMILES string of the molecule is CC(C)(C)OC(=O)OC[C@H]1/C=C\CCCC(=O)N1. The van der Waals surface area contributed by atoms with Crippen molar-refractivity contribution < 1.29 is 19.1 Å². The molecule has 0 aliphatic carbocycles. The molecule has 5 nitrogen and oxygen atoms in total. The second-order valence-corrected chi connectivity index (χ2v) is 5.27. The van der Waals surface area contributed by atoms with Crippen LogP contribution >= 0.6 is 0 Å². The summed E-state index contributed by atoms with van der Waals surface area (Å²) in [6.07, 6.45) is 5.35. The van der Waals surface area contributed by atoms with E-state index in [1.807, 2.05) is 12.2 Å². The molecule has 1 aliphatic rings. The summed E-state index contributed by atoms with van der Waals surface area (Å²) in [4.78, 5) is 22.8. The number of ether oxygens (including phenoxy) is 2. The zero-order valence-corrected chi connectivity index (χ0v) is 11.2. The molecule has 0 saturated carbocycles. The van der Waals surface area contributed by atoms with Crippen molar-refractivity contribution in [3.05, 3.63) is 12.2 Å². The van der Waals surface area contributed by atoms with Gasteiger partial charge in [-0.2, -0.15) is 0 Å². The van der Waals surface area contributed by atoms with Crippen molar-refractivity contribution in [3.8, 4) is 0 Å². The molecule has 0 fully saturated rings. The van der Waals surface area contributed by atoms with Gasteiger partial charge in [-0.25, -0.2) is 4.79 Å². The molecule has 0 aromatic heterocycles. The van der Waals surface area contributed by atoms with Gasteiger partial charge in [-0.1, -0.05) is 12.2 Å². The van der Waals surface area contributed by atoms with Gasteiger partial charge in [0.1, 0.15) is 12.2 Å². The lowest BCUT2D eigenvalue weighted by Gasteiger charge is -2.21. The molecule has 0 bridgehead atoms. The van der Waals surface area contributed by atoms with E-state index in [9.17, 15) is 9.59 Å². The van der Waals surface area contributed by atoms with Crippen LogP contribution in [0.2, 0.25) is 0 Å². The van der Waals surface area contributed by atoms with E-state index in [-0.39, 0.29) is 18.6 Å². The highest BCUT2D eigenvalue weighted by Crippen LogP contribution is 2.09. The summed E-state index contributed by atoms with van der Waals surface area (Å²) in [5.74, 6) is -0.0165. The van der Waals surface area contributed by atoms with Gasteiger partial charge in [0.2, 0.25) is 5.91 Å². The number of carbonyl (C=O) groups is 2. The van der Waals surface area contributed by atoms with Crippen LogP contribution in [0, 0.1) is 0 Å². The average Bonchev–Trinajstić information content (AvgIpc) is 2.18. The van der Waals surface area contributed by atoms with Crippen molar-refractivity contribution in [1.82, 2.24) is 5.32 Å². The molecule has 0 radical (unpaired) electrons. The monoisotopic (exact) mass is 255 g/mol. The maximum atomic E-state index is 11.4. The minimum absolute atomic E-state index is 0.0165. The van der Waals surface area contributed by atoms with Crippen molar-refractivity contribution in [2.75, 3.05) is 6.61 Å². The number of amides is 1. The Bertz CT molecular complexity index is 330. The smallest absolute Gasteiger partial charge is 0.432 e. The first kappa shape index (κ1) is 14.5. The van der Waals surface area contributed by atoms with Crippen molar-refractivity contribution in [2.45, 2.75) is 51.7 Å². The Balaban J connectivity index is 2.38. The zero-order valence-electron chi connectivity index (χ0n) is 11.2. The minimum atomic E-state index is -0.716.